The van der Waals surface area contributed by atoms with Crippen LogP contribution < -0.4 is 10.1 Å². The van der Waals surface area contributed by atoms with E-state index in [4.69, 9.17) is 4.74 Å². The molecule has 1 N–H and O–H groups in total. The standard InChI is InChI=1S/C16H26N2O/c1-2-11-17-12-14-9-10-16(13-18-14)19-15-7-5-3-4-6-8-15/h9-10,13,15,17H,2-8,11-12H2,1H3. The second-order valence-corrected chi connectivity index (χ2v) is 5.39. The van der Waals surface area contributed by atoms with Crippen molar-refractivity contribution in [3.05, 3.63) is 24.0 Å². The highest BCUT2D eigenvalue weighted by Crippen LogP contribution is 2.22. The highest BCUT2D eigenvalue weighted by Gasteiger charge is 2.13. The molecule has 106 valence electrons. The Balaban J connectivity index is 1.80. The topological polar surface area (TPSA) is 34.1 Å². The predicted octanol–water partition coefficient (Wildman–Crippen LogP) is 3.68. The molecule has 0 radical (unpaired) electrons. The lowest BCUT2D eigenvalue weighted by Gasteiger charge is -2.16. The fraction of sp³-hybridized carbons (Fsp3) is 0.688. The summed E-state index contributed by atoms with van der Waals surface area (Å²) >= 11 is 0. The van der Waals surface area contributed by atoms with Crippen LogP contribution >= 0.6 is 0 Å². The van der Waals surface area contributed by atoms with Gasteiger partial charge < -0.3 is 10.1 Å². The Labute approximate surface area is 116 Å². The van der Waals surface area contributed by atoms with Crippen LogP contribution in [0.2, 0.25) is 0 Å². The molecule has 19 heavy (non-hydrogen) atoms. The first kappa shape index (κ1) is 14.3. The third kappa shape index (κ3) is 5.19. The molecule has 0 amide bonds. The molecule has 0 spiro atoms. The predicted molar refractivity (Wildman–Crippen MR) is 78.4 cm³/mol. The third-order valence-electron chi connectivity index (χ3n) is 3.64. The molecule has 3 heteroatoms. The molecule has 0 aliphatic heterocycles. The number of hydrogen-bond acceptors (Lipinski definition) is 3. The lowest BCUT2D eigenvalue weighted by atomic mass is 10.1. The second kappa shape index (κ2) is 8.16. The van der Waals surface area contributed by atoms with E-state index >= 15 is 0 Å². The molecule has 0 saturated heterocycles. The monoisotopic (exact) mass is 262 g/mol. The van der Waals surface area contributed by atoms with Crippen LogP contribution in [0.15, 0.2) is 18.3 Å². The van der Waals surface area contributed by atoms with Gasteiger partial charge in [-0.1, -0.05) is 19.8 Å². The van der Waals surface area contributed by atoms with Crippen molar-refractivity contribution >= 4 is 0 Å². The largest absolute Gasteiger partial charge is 0.489 e. The molecule has 1 fully saturated rings. The Morgan fingerprint density at radius 1 is 1.21 bits per heavy atom. The van der Waals surface area contributed by atoms with E-state index in [0.717, 1.165) is 31.0 Å². The molecule has 0 bridgehead atoms. The number of nitrogens with one attached hydrogen (secondary N) is 1. The van der Waals surface area contributed by atoms with Gasteiger partial charge in [0.1, 0.15) is 5.75 Å². The van der Waals surface area contributed by atoms with Crippen LogP contribution in [0.1, 0.15) is 57.6 Å². The van der Waals surface area contributed by atoms with Crippen LogP contribution in [0.5, 0.6) is 5.75 Å². The van der Waals surface area contributed by atoms with E-state index in [1.807, 2.05) is 6.20 Å². The van der Waals surface area contributed by atoms with Crippen LogP contribution in [-0.4, -0.2) is 17.6 Å². The van der Waals surface area contributed by atoms with Crippen molar-refractivity contribution in [3.63, 3.8) is 0 Å². The minimum absolute atomic E-state index is 0.397. The summed E-state index contributed by atoms with van der Waals surface area (Å²) in [6.45, 7) is 4.06. The summed E-state index contributed by atoms with van der Waals surface area (Å²) in [4.78, 5) is 4.45. The van der Waals surface area contributed by atoms with E-state index in [1.165, 1.54) is 38.5 Å². The van der Waals surface area contributed by atoms with Gasteiger partial charge in [0.15, 0.2) is 0 Å². The minimum Gasteiger partial charge on any atom is -0.489 e. The van der Waals surface area contributed by atoms with Crippen molar-refractivity contribution in [1.29, 1.82) is 0 Å². The van der Waals surface area contributed by atoms with Crippen LogP contribution in [0, 0.1) is 0 Å². The van der Waals surface area contributed by atoms with Gasteiger partial charge in [0.05, 0.1) is 18.0 Å². The van der Waals surface area contributed by atoms with Gasteiger partial charge in [-0.15, -0.1) is 0 Å². The number of rotatable bonds is 6. The summed E-state index contributed by atoms with van der Waals surface area (Å²) in [5, 5.41) is 3.36. The molecule has 1 saturated carbocycles. The van der Waals surface area contributed by atoms with Crippen LogP contribution in [0.4, 0.5) is 0 Å². The van der Waals surface area contributed by atoms with Crippen molar-refractivity contribution in [3.8, 4) is 5.75 Å². The molecule has 1 heterocycles. The Bertz CT molecular complexity index is 342. The summed E-state index contributed by atoms with van der Waals surface area (Å²) in [6, 6.07) is 4.12. The quantitative estimate of drug-likeness (QED) is 0.627. The highest BCUT2D eigenvalue weighted by molar-refractivity contribution is 5.20. The summed E-state index contributed by atoms with van der Waals surface area (Å²) in [7, 11) is 0. The second-order valence-electron chi connectivity index (χ2n) is 5.39. The SMILES string of the molecule is CCCNCc1ccc(OC2CCCCCC2)cn1. The van der Waals surface area contributed by atoms with Crippen LogP contribution in [-0.2, 0) is 6.54 Å². The van der Waals surface area contributed by atoms with Crippen molar-refractivity contribution in [2.45, 2.75) is 64.5 Å². The smallest absolute Gasteiger partial charge is 0.138 e. The van der Waals surface area contributed by atoms with E-state index in [0.29, 0.717) is 6.10 Å². The third-order valence-corrected chi connectivity index (χ3v) is 3.64. The Morgan fingerprint density at radius 2 is 2.00 bits per heavy atom. The molecule has 0 aromatic carbocycles. The van der Waals surface area contributed by atoms with E-state index in [1.54, 1.807) is 0 Å². The summed E-state index contributed by atoms with van der Waals surface area (Å²) < 4.78 is 6.03. The maximum absolute atomic E-state index is 6.03. The van der Waals surface area contributed by atoms with E-state index < -0.39 is 0 Å². The fourth-order valence-electron chi connectivity index (χ4n) is 2.53. The van der Waals surface area contributed by atoms with Gasteiger partial charge in [-0.25, -0.2) is 0 Å². The lowest BCUT2D eigenvalue weighted by molar-refractivity contribution is 0.183. The lowest BCUT2D eigenvalue weighted by Crippen LogP contribution is -2.16. The molecule has 2 rings (SSSR count). The van der Waals surface area contributed by atoms with Crippen LogP contribution in [0.3, 0.4) is 0 Å². The van der Waals surface area contributed by atoms with Crippen molar-refractivity contribution < 1.29 is 4.74 Å². The average Bonchev–Trinajstić information content (AvgIpc) is 2.70. The normalized spacial score (nSPS) is 17.1. The van der Waals surface area contributed by atoms with Crippen molar-refractivity contribution in [2.24, 2.45) is 0 Å². The first-order chi connectivity index (χ1) is 9.38. The number of pyridine rings is 1. The van der Waals surface area contributed by atoms with Gasteiger partial charge in [-0.2, -0.15) is 0 Å². The zero-order valence-electron chi connectivity index (χ0n) is 12.0. The van der Waals surface area contributed by atoms with E-state index in [2.05, 4.69) is 29.4 Å². The van der Waals surface area contributed by atoms with Gasteiger partial charge >= 0.3 is 0 Å². The molecule has 1 aromatic heterocycles. The number of nitrogens with zero attached hydrogens (tertiary/aromatic N) is 1. The van der Waals surface area contributed by atoms with Crippen LogP contribution in [0.25, 0.3) is 0 Å². The molecular weight excluding hydrogens is 236 g/mol. The Morgan fingerprint density at radius 3 is 2.63 bits per heavy atom. The number of hydrogen-bond donors (Lipinski definition) is 1. The molecule has 1 aliphatic carbocycles. The van der Waals surface area contributed by atoms with Gasteiger partial charge in [0, 0.05) is 6.54 Å². The molecule has 0 atom stereocenters. The number of ether oxygens (including phenoxy) is 1. The van der Waals surface area contributed by atoms with Gasteiger partial charge in [0.25, 0.3) is 0 Å². The zero-order valence-corrected chi connectivity index (χ0v) is 12.0. The summed E-state index contributed by atoms with van der Waals surface area (Å²) in [6.07, 6.45) is 11.1. The number of aromatic nitrogens is 1. The highest BCUT2D eigenvalue weighted by atomic mass is 16.5. The van der Waals surface area contributed by atoms with Crippen molar-refractivity contribution in [1.82, 2.24) is 10.3 Å². The molecule has 1 aliphatic rings. The van der Waals surface area contributed by atoms with E-state index in [-0.39, 0.29) is 0 Å². The van der Waals surface area contributed by atoms with E-state index in [9.17, 15) is 0 Å². The average molecular weight is 262 g/mol. The maximum Gasteiger partial charge on any atom is 0.138 e. The minimum atomic E-state index is 0.397. The summed E-state index contributed by atoms with van der Waals surface area (Å²) in [5.74, 6) is 0.922. The van der Waals surface area contributed by atoms with Gasteiger partial charge in [-0.05, 0) is 50.8 Å². The zero-order chi connectivity index (χ0) is 13.3. The first-order valence-electron chi connectivity index (χ1n) is 7.71. The van der Waals surface area contributed by atoms with Crippen molar-refractivity contribution in [2.75, 3.05) is 6.54 Å². The Kier molecular flexibility index (Phi) is 6.15. The molecular formula is C16H26N2O. The Hall–Kier alpha value is -1.09. The molecule has 0 unspecified atom stereocenters. The maximum atomic E-state index is 6.03. The summed E-state index contributed by atoms with van der Waals surface area (Å²) in [5.41, 5.74) is 1.08. The van der Waals surface area contributed by atoms with Gasteiger partial charge in [0.2, 0.25) is 0 Å². The van der Waals surface area contributed by atoms with Gasteiger partial charge in [-0.3, -0.25) is 4.98 Å². The fourth-order valence-corrected chi connectivity index (χ4v) is 2.53. The first-order valence-corrected chi connectivity index (χ1v) is 7.71. The molecule has 3 nitrogen and oxygen atoms in total. The molecule has 1 aromatic rings.